The van der Waals surface area contributed by atoms with Crippen LogP contribution in [-0.2, 0) is 0 Å². The second-order valence-corrected chi connectivity index (χ2v) is 3.04. The minimum absolute atomic E-state index is 0.110. The molecule has 0 spiro atoms. The largest absolute Gasteiger partial charge is 0.507 e. The third kappa shape index (κ3) is 1.97. The Morgan fingerprint density at radius 3 is 2.79 bits per heavy atom. The van der Waals surface area contributed by atoms with Gasteiger partial charge in [0.1, 0.15) is 11.5 Å². The summed E-state index contributed by atoms with van der Waals surface area (Å²) in [6.45, 7) is -0.170. The van der Waals surface area contributed by atoms with Gasteiger partial charge >= 0.3 is 0 Å². The van der Waals surface area contributed by atoms with Crippen molar-refractivity contribution in [2.24, 2.45) is 5.73 Å². The maximum atomic E-state index is 11.2. The maximum Gasteiger partial charge on any atom is 0.180 e. The van der Waals surface area contributed by atoms with Crippen LogP contribution in [0.3, 0.4) is 0 Å². The number of rotatable bonds is 3. The van der Waals surface area contributed by atoms with Crippen LogP contribution in [0.4, 0.5) is 0 Å². The molecule has 1 aromatic rings. The Balaban J connectivity index is 3.21. The van der Waals surface area contributed by atoms with Crippen LogP contribution >= 0.6 is 11.6 Å². The molecule has 3 N–H and O–H groups in total. The summed E-state index contributed by atoms with van der Waals surface area (Å²) in [6, 6.07) is 2.62. The lowest BCUT2D eigenvalue weighted by atomic mass is 10.1. The summed E-state index contributed by atoms with van der Waals surface area (Å²) in [7, 11) is 1.42. The third-order valence-electron chi connectivity index (χ3n) is 1.76. The first-order chi connectivity index (χ1) is 6.60. The minimum Gasteiger partial charge on any atom is -0.507 e. The molecule has 0 heterocycles. The average molecular weight is 216 g/mol. The number of phenols is 1. The van der Waals surface area contributed by atoms with Crippen LogP contribution in [-0.4, -0.2) is 24.5 Å². The fraction of sp³-hybridized carbons (Fsp3) is 0.222. The number of ketones is 1. The van der Waals surface area contributed by atoms with Crippen molar-refractivity contribution in [2.75, 3.05) is 13.7 Å². The first-order valence-electron chi connectivity index (χ1n) is 3.90. The van der Waals surface area contributed by atoms with Crippen molar-refractivity contribution in [2.45, 2.75) is 0 Å². The first-order valence-corrected chi connectivity index (χ1v) is 4.27. The number of carbonyl (C=O) groups excluding carboxylic acids is 1. The van der Waals surface area contributed by atoms with E-state index in [1.165, 1.54) is 19.2 Å². The van der Waals surface area contributed by atoms with Crippen molar-refractivity contribution in [3.8, 4) is 11.5 Å². The molecule has 0 fully saturated rings. The number of carbonyl (C=O) groups is 1. The van der Waals surface area contributed by atoms with Crippen molar-refractivity contribution in [3.63, 3.8) is 0 Å². The lowest BCUT2D eigenvalue weighted by molar-refractivity contribution is 0.0999. The summed E-state index contributed by atoms with van der Waals surface area (Å²) < 4.78 is 4.86. The van der Waals surface area contributed by atoms with E-state index in [2.05, 4.69) is 0 Å². The van der Waals surface area contributed by atoms with Gasteiger partial charge in [0.05, 0.1) is 24.2 Å². The molecule has 14 heavy (non-hydrogen) atoms. The smallest absolute Gasteiger partial charge is 0.180 e. The molecule has 0 saturated heterocycles. The van der Waals surface area contributed by atoms with E-state index in [1.807, 2.05) is 0 Å². The second kappa shape index (κ2) is 4.30. The van der Waals surface area contributed by atoms with Crippen molar-refractivity contribution in [1.82, 2.24) is 0 Å². The van der Waals surface area contributed by atoms with E-state index in [0.29, 0.717) is 5.75 Å². The highest BCUT2D eigenvalue weighted by Gasteiger charge is 2.13. The van der Waals surface area contributed by atoms with Crippen LogP contribution < -0.4 is 10.5 Å². The average Bonchev–Trinajstić information content (AvgIpc) is 2.19. The Bertz CT molecular complexity index is 365. The Morgan fingerprint density at radius 1 is 1.64 bits per heavy atom. The lowest BCUT2D eigenvalue weighted by Crippen LogP contribution is -2.13. The molecule has 0 unspecified atom stereocenters. The van der Waals surface area contributed by atoms with E-state index < -0.39 is 0 Å². The van der Waals surface area contributed by atoms with Crippen molar-refractivity contribution < 1.29 is 14.6 Å². The molecule has 0 amide bonds. The summed E-state index contributed by atoms with van der Waals surface area (Å²) in [5, 5.41) is 9.70. The van der Waals surface area contributed by atoms with Crippen LogP contribution in [0.15, 0.2) is 12.1 Å². The molecule has 0 saturated carbocycles. The zero-order chi connectivity index (χ0) is 10.7. The fourth-order valence-corrected chi connectivity index (χ4v) is 1.27. The molecule has 0 aliphatic carbocycles. The molecule has 1 aromatic carbocycles. The molecular formula is C9H10ClNO3. The molecule has 0 atom stereocenters. The van der Waals surface area contributed by atoms with Crippen LogP contribution in [0.2, 0.25) is 5.02 Å². The Kier molecular flexibility index (Phi) is 3.33. The quantitative estimate of drug-likeness (QED) is 0.743. The number of nitrogens with two attached hydrogens (primary N) is 1. The van der Waals surface area contributed by atoms with Gasteiger partial charge in [-0.1, -0.05) is 11.6 Å². The molecule has 0 aliphatic rings. The number of ether oxygens (including phenoxy) is 1. The number of benzene rings is 1. The second-order valence-electron chi connectivity index (χ2n) is 2.63. The molecule has 0 aliphatic heterocycles. The molecule has 5 heteroatoms. The number of phenolic OH excluding ortho intramolecular Hbond substituents is 1. The fourth-order valence-electron chi connectivity index (χ4n) is 1.03. The van der Waals surface area contributed by atoms with E-state index in [-0.39, 0.29) is 28.7 Å². The number of hydrogen-bond acceptors (Lipinski definition) is 4. The van der Waals surface area contributed by atoms with E-state index in [0.717, 1.165) is 0 Å². The molecule has 0 bridgehead atoms. The number of halogens is 1. The van der Waals surface area contributed by atoms with Crippen LogP contribution in [0, 0.1) is 0 Å². The summed E-state index contributed by atoms with van der Waals surface area (Å²) in [5.74, 6) is -0.230. The van der Waals surface area contributed by atoms with E-state index in [1.54, 1.807) is 0 Å². The van der Waals surface area contributed by atoms with Crippen LogP contribution in [0.25, 0.3) is 0 Å². The van der Waals surface area contributed by atoms with Gasteiger partial charge in [-0.15, -0.1) is 0 Å². The number of methoxy groups -OCH3 is 1. The topological polar surface area (TPSA) is 72.5 Å². The Hall–Kier alpha value is -1.26. The van der Waals surface area contributed by atoms with Gasteiger partial charge in [-0.05, 0) is 6.07 Å². The third-order valence-corrected chi connectivity index (χ3v) is 2.05. The normalized spacial score (nSPS) is 9.93. The first kappa shape index (κ1) is 10.8. The highest BCUT2D eigenvalue weighted by atomic mass is 35.5. The lowest BCUT2D eigenvalue weighted by Gasteiger charge is -2.07. The molecule has 0 radical (unpaired) electrons. The van der Waals surface area contributed by atoms with Gasteiger partial charge in [-0.2, -0.15) is 0 Å². The standard InChI is InChI=1S/C9H10ClNO3/c1-14-9-3-7(12)5(2-6(9)10)8(13)4-11/h2-3,12H,4,11H2,1H3. The predicted octanol–water partition coefficient (Wildman–Crippen LogP) is 1.20. The number of Topliss-reactive ketones (excluding diaryl/α,β-unsaturated/α-hetero) is 1. The zero-order valence-corrected chi connectivity index (χ0v) is 8.34. The maximum absolute atomic E-state index is 11.2. The van der Waals surface area contributed by atoms with Crippen molar-refractivity contribution >= 4 is 17.4 Å². The summed E-state index contributed by atoms with van der Waals surface area (Å²) in [4.78, 5) is 11.2. The summed E-state index contributed by atoms with van der Waals surface area (Å²) in [5.41, 5.74) is 5.27. The summed E-state index contributed by atoms with van der Waals surface area (Å²) >= 11 is 5.77. The van der Waals surface area contributed by atoms with Gasteiger partial charge in [-0.3, -0.25) is 4.79 Å². The Morgan fingerprint density at radius 2 is 2.29 bits per heavy atom. The highest BCUT2D eigenvalue weighted by molar-refractivity contribution is 6.32. The zero-order valence-electron chi connectivity index (χ0n) is 7.58. The molecule has 4 nitrogen and oxygen atoms in total. The van der Waals surface area contributed by atoms with Crippen LogP contribution in [0.1, 0.15) is 10.4 Å². The van der Waals surface area contributed by atoms with E-state index in [4.69, 9.17) is 22.1 Å². The monoisotopic (exact) mass is 215 g/mol. The van der Waals surface area contributed by atoms with Gasteiger partial charge in [0.25, 0.3) is 0 Å². The van der Waals surface area contributed by atoms with Gasteiger partial charge in [0.15, 0.2) is 5.78 Å². The number of hydrogen-bond donors (Lipinski definition) is 2. The minimum atomic E-state index is -0.368. The van der Waals surface area contributed by atoms with E-state index in [9.17, 15) is 9.90 Å². The SMILES string of the molecule is COc1cc(O)c(C(=O)CN)cc1Cl. The number of aromatic hydroxyl groups is 1. The molecule has 0 aromatic heterocycles. The van der Waals surface area contributed by atoms with E-state index >= 15 is 0 Å². The van der Waals surface area contributed by atoms with Crippen LogP contribution in [0.5, 0.6) is 11.5 Å². The van der Waals surface area contributed by atoms with Gasteiger partial charge in [0.2, 0.25) is 0 Å². The van der Waals surface area contributed by atoms with Gasteiger partial charge in [-0.25, -0.2) is 0 Å². The van der Waals surface area contributed by atoms with Gasteiger partial charge < -0.3 is 15.6 Å². The highest BCUT2D eigenvalue weighted by Crippen LogP contribution is 2.31. The van der Waals surface area contributed by atoms with Crippen molar-refractivity contribution in [3.05, 3.63) is 22.7 Å². The molecular weight excluding hydrogens is 206 g/mol. The molecule has 1 rings (SSSR count). The molecule has 76 valence electrons. The Labute approximate surface area is 86.2 Å². The predicted molar refractivity (Wildman–Crippen MR) is 53.1 cm³/mol. The van der Waals surface area contributed by atoms with Gasteiger partial charge in [0, 0.05) is 6.07 Å². The van der Waals surface area contributed by atoms with Crippen molar-refractivity contribution in [1.29, 1.82) is 0 Å². The summed E-state index contributed by atoms with van der Waals surface area (Å²) in [6.07, 6.45) is 0.